The molecule has 15 heavy (non-hydrogen) atoms. The molecular formula is C9H6N2O3S. The van der Waals surface area contributed by atoms with E-state index in [1.807, 2.05) is 0 Å². The van der Waals surface area contributed by atoms with Gasteiger partial charge in [0.05, 0.1) is 10.1 Å². The largest absolute Gasteiger partial charge is 0.318 e. The van der Waals surface area contributed by atoms with Crippen molar-refractivity contribution < 1.29 is 8.42 Å². The monoisotopic (exact) mass is 222 g/mol. The van der Waals surface area contributed by atoms with Gasteiger partial charge in [0.2, 0.25) is 0 Å². The van der Waals surface area contributed by atoms with Gasteiger partial charge in [-0.2, -0.15) is 8.42 Å². The zero-order valence-corrected chi connectivity index (χ0v) is 8.31. The van der Waals surface area contributed by atoms with Crippen molar-refractivity contribution >= 4 is 20.9 Å². The first-order chi connectivity index (χ1) is 7.13. The standard InChI is InChI=1S/C9H6N2O3S/c12-11-15(13,14)8-5-7-3-1-2-4-9(7)10-6-8/h1-6H. The average Bonchev–Trinajstić information content (AvgIpc) is 2.28. The Labute approximate surface area is 85.8 Å². The summed E-state index contributed by atoms with van der Waals surface area (Å²) in [6.07, 6.45) is 1.12. The minimum absolute atomic E-state index is 0.184. The van der Waals surface area contributed by atoms with Crippen molar-refractivity contribution in [2.45, 2.75) is 4.90 Å². The van der Waals surface area contributed by atoms with Gasteiger partial charge in [-0.3, -0.25) is 4.98 Å². The Bertz CT molecular complexity index is 622. The highest BCUT2D eigenvalue weighted by Crippen LogP contribution is 2.17. The van der Waals surface area contributed by atoms with E-state index in [9.17, 15) is 13.3 Å². The summed E-state index contributed by atoms with van der Waals surface area (Å²) < 4.78 is 24.3. The molecule has 0 aliphatic carbocycles. The summed E-state index contributed by atoms with van der Waals surface area (Å²) >= 11 is 0. The van der Waals surface area contributed by atoms with Crippen LogP contribution in [-0.2, 0) is 10.0 Å². The van der Waals surface area contributed by atoms with Gasteiger partial charge >= 0.3 is 10.0 Å². The summed E-state index contributed by atoms with van der Waals surface area (Å²) in [6, 6.07) is 8.39. The molecule has 0 spiro atoms. The quantitative estimate of drug-likeness (QED) is 0.724. The second-order valence-electron chi connectivity index (χ2n) is 2.91. The molecule has 0 unspecified atom stereocenters. The van der Waals surface area contributed by atoms with Crippen LogP contribution in [0.1, 0.15) is 0 Å². The van der Waals surface area contributed by atoms with Gasteiger partial charge in [0.1, 0.15) is 4.90 Å². The molecule has 5 nitrogen and oxygen atoms in total. The number of nitrogens with zero attached hydrogens (tertiary/aromatic N) is 2. The summed E-state index contributed by atoms with van der Waals surface area (Å²) in [5, 5.41) is 0.655. The molecule has 0 saturated heterocycles. The second-order valence-corrected chi connectivity index (χ2v) is 4.48. The molecule has 0 amide bonds. The number of pyridine rings is 1. The van der Waals surface area contributed by atoms with Crippen molar-refractivity contribution in [3.63, 3.8) is 0 Å². The predicted octanol–water partition coefficient (Wildman–Crippen LogP) is 1.69. The van der Waals surface area contributed by atoms with Crippen molar-refractivity contribution in [2.75, 3.05) is 0 Å². The van der Waals surface area contributed by atoms with Gasteiger partial charge in [-0.15, -0.1) is 4.91 Å². The predicted molar refractivity (Wildman–Crippen MR) is 54.7 cm³/mol. The van der Waals surface area contributed by atoms with Crippen molar-refractivity contribution in [1.82, 2.24) is 4.98 Å². The van der Waals surface area contributed by atoms with E-state index in [0.717, 1.165) is 6.20 Å². The molecule has 0 aliphatic rings. The third kappa shape index (κ3) is 1.71. The van der Waals surface area contributed by atoms with Crippen LogP contribution in [0.5, 0.6) is 0 Å². The van der Waals surface area contributed by atoms with Crippen LogP contribution in [0.25, 0.3) is 10.9 Å². The van der Waals surface area contributed by atoms with Crippen molar-refractivity contribution in [1.29, 1.82) is 0 Å². The molecular weight excluding hydrogens is 216 g/mol. The smallest absolute Gasteiger partial charge is 0.255 e. The van der Waals surface area contributed by atoms with Gasteiger partial charge in [-0.25, -0.2) is 0 Å². The van der Waals surface area contributed by atoms with E-state index in [1.54, 1.807) is 24.3 Å². The number of para-hydroxylation sites is 1. The maximum Gasteiger partial charge on any atom is 0.318 e. The molecule has 0 fully saturated rings. The van der Waals surface area contributed by atoms with E-state index in [1.165, 1.54) is 6.07 Å². The Kier molecular flexibility index (Phi) is 2.20. The van der Waals surface area contributed by atoms with Crippen LogP contribution in [0.4, 0.5) is 0 Å². The highest BCUT2D eigenvalue weighted by molar-refractivity contribution is 7.90. The maximum absolute atomic E-state index is 11.1. The molecule has 76 valence electrons. The van der Waals surface area contributed by atoms with Crippen LogP contribution in [0.3, 0.4) is 0 Å². The third-order valence-corrected chi connectivity index (χ3v) is 2.98. The van der Waals surface area contributed by atoms with Gasteiger partial charge in [0, 0.05) is 11.6 Å². The fraction of sp³-hybridized carbons (Fsp3) is 0. The minimum atomic E-state index is -4.08. The van der Waals surface area contributed by atoms with Gasteiger partial charge in [-0.1, -0.05) is 18.2 Å². The molecule has 0 saturated carbocycles. The SMILES string of the molecule is O=NS(=O)(=O)c1cnc2ccccc2c1. The fourth-order valence-corrected chi connectivity index (χ4v) is 1.78. The van der Waals surface area contributed by atoms with Crippen molar-refractivity contribution in [3.05, 3.63) is 41.4 Å². The first kappa shape index (κ1) is 9.72. The summed E-state index contributed by atoms with van der Waals surface area (Å²) in [4.78, 5) is 13.8. The van der Waals surface area contributed by atoms with Gasteiger partial charge in [0.25, 0.3) is 0 Å². The second kappa shape index (κ2) is 3.39. The number of rotatable bonds is 2. The van der Waals surface area contributed by atoms with Gasteiger partial charge in [0.15, 0.2) is 0 Å². The summed E-state index contributed by atoms with van der Waals surface area (Å²) in [6.45, 7) is 0. The van der Waals surface area contributed by atoms with E-state index in [-0.39, 0.29) is 4.90 Å². The number of hydrogen-bond donors (Lipinski definition) is 0. The first-order valence-electron chi connectivity index (χ1n) is 4.08. The van der Waals surface area contributed by atoms with Crippen molar-refractivity contribution in [2.24, 2.45) is 4.58 Å². The lowest BCUT2D eigenvalue weighted by molar-refractivity contribution is 0.597. The molecule has 2 rings (SSSR count). The van der Waals surface area contributed by atoms with Gasteiger partial charge < -0.3 is 0 Å². The van der Waals surface area contributed by atoms with Crippen LogP contribution in [0.15, 0.2) is 46.0 Å². The summed E-state index contributed by atoms with van der Waals surface area (Å²) in [7, 11) is -4.08. The van der Waals surface area contributed by atoms with E-state index in [0.29, 0.717) is 10.9 Å². The van der Waals surface area contributed by atoms with E-state index < -0.39 is 10.0 Å². The molecule has 2 aromatic rings. The Morgan fingerprint density at radius 1 is 1.20 bits per heavy atom. The molecule has 1 aromatic heterocycles. The third-order valence-electron chi connectivity index (χ3n) is 1.96. The summed E-state index contributed by atoms with van der Waals surface area (Å²) in [5.74, 6) is 0. The van der Waals surface area contributed by atoms with Crippen molar-refractivity contribution in [3.8, 4) is 0 Å². The minimum Gasteiger partial charge on any atom is -0.255 e. The molecule has 6 heteroatoms. The van der Waals surface area contributed by atoms with Gasteiger partial charge in [-0.05, 0) is 12.1 Å². The van der Waals surface area contributed by atoms with Crippen LogP contribution < -0.4 is 0 Å². The molecule has 0 atom stereocenters. The Balaban J connectivity index is 2.72. The molecule has 1 aromatic carbocycles. The molecule has 0 bridgehead atoms. The molecule has 1 heterocycles. The number of hydrogen-bond acceptors (Lipinski definition) is 4. The normalized spacial score (nSPS) is 11.5. The van der Waals surface area contributed by atoms with Crippen LogP contribution in [0, 0.1) is 4.91 Å². The maximum atomic E-state index is 11.1. The van der Waals surface area contributed by atoms with Crippen LogP contribution >= 0.6 is 0 Å². The average molecular weight is 222 g/mol. The highest BCUT2D eigenvalue weighted by atomic mass is 32.2. The number of nitroso groups, excluding NO2 is 1. The molecule has 0 N–H and O–H groups in total. The van der Waals surface area contributed by atoms with E-state index >= 15 is 0 Å². The molecule has 0 radical (unpaired) electrons. The lowest BCUT2D eigenvalue weighted by atomic mass is 10.2. The van der Waals surface area contributed by atoms with Crippen LogP contribution in [-0.4, -0.2) is 13.4 Å². The zero-order chi connectivity index (χ0) is 10.9. The number of sulfonamides is 1. The number of fused-ring (bicyclic) bond motifs is 1. The number of benzene rings is 1. The topological polar surface area (TPSA) is 76.5 Å². The van der Waals surface area contributed by atoms with Crippen LogP contribution in [0.2, 0.25) is 0 Å². The fourth-order valence-electron chi connectivity index (χ4n) is 1.23. The van der Waals surface area contributed by atoms with E-state index in [2.05, 4.69) is 9.57 Å². The first-order valence-corrected chi connectivity index (χ1v) is 5.52. The Morgan fingerprint density at radius 2 is 1.93 bits per heavy atom. The lowest BCUT2D eigenvalue weighted by Crippen LogP contribution is -1.96. The Hall–Kier alpha value is -1.82. The van der Waals surface area contributed by atoms with E-state index in [4.69, 9.17) is 0 Å². The molecule has 0 aliphatic heterocycles. The summed E-state index contributed by atoms with van der Waals surface area (Å²) in [5.41, 5.74) is 0.669. The Morgan fingerprint density at radius 3 is 2.67 bits per heavy atom. The highest BCUT2D eigenvalue weighted by Gasteiger charge is 2.14. The number of aromatic nitrogens is 1. The lowest BCUT2D eigenvalue weighted by Gasteiger charge is -1.98. The zero-order valence-electron chi connectivity index (χ0n) is 7.49.